The second-order valence-corrected chi connectivity index (χ2v) is 14.7. The highest BCUT2D eigenvalue weighted by Crippen LogP contribution is 2.31. The molecule has 1 aliphatic heterocycles. The van der Waals surface area contributed by atoms with Crippen LogP contribution in [-0.2, 0) is 49.2 Å². The first-order valence-corrected chi connectivity index (χ1v) is 21.6. The summed E-state index contributed by atoms with van der Waals surface area (Å²) >= 11 is 1.28. The van der Waals surface area contributed by atoms with E-state index in [1.165, 1.54) is 11.8 Å². The van der Waals surface area contributed by atoms with Crippen molar-refractivity contribution in [2.75, 3.05) is 143 Å². The Morgan fingerprint density at radius 2 is 1.33 bits per heavy atom. The van der Waals surface area contributed by atoms with Gasteiger partial charge in [0.25, 0.3) is 5.91 Å². The Morgan fingerprint density at radius 3 is 1.89 bits per heavy atom. The number of pyridine rings is 1. The number of amides is 2. The third kappa shape index (κ3) is 19.3. The second-order valence-electron chi connectivity index (χ2n) is 13.6. The number of nitrogens with two attached hydrogens (primary N) is 2. The van der Waals surface area contributed by atoms with Crippen molar-refractivity contribution in [1.82, 2.24) is 15.2 Å². The number of nitrogen functional groups attached to an aromatic ring is 1. The van der Waals surface area contributed by atoms with Crippen LogP contribution in [0, 0.1) is 12.7 Å². The summed E-state index contributed by atoms with van der Waals surface area (Å²) in [7, 11) is 0. The molecule has 338 valence electrons. The molecule has 0 fully saturated rings. The van der Waals surface area contributed by atoms with Gasteiger partial charge in [-0.3, -0.25) is 9.59 Å². The van der Waals surface area contributed by atoms with E-state index in [-0.39, 0.29) is 30.4 Å². The van der Waals surface area contributed by atoms with Gasteiger partial charge in [-0.25, -0.2) is 9.37 Å². The van der Waals surface area contributed by atoms with Crippen LogP contribution in [0.15, 0.2) is 53.6 Å². The largest absolute Gasteiger partial charge is 0.491 e. The number of nitrogens with zero attached hydrogens (tertiary/aromatic N) is 2. The number of anilines is 1. The summed E-state index contributed by atoms with van der Waals surface area (Å²) in [4.78, 5) is 32.2. The van der Waals surface area contributed by atoms with Crippen LogP contribution in [-0.4, -0.2) is 159 Å². The van der Waals surface area contributed by atoms with E-state index < -0.39 is 5.82 Å². The Kier molecular flexibility index (Phi) is 24.6. The van der Waals surface area contributed by atoms with Crippen LogP contribution >= 0.6 is 11.8 Å². The molecule has 0 unspecified atom stereocenters. The maximum absolute atomic E-state index is 15.5. The third-order valence-electron chi connectivity index (χ3n) is 9.05. The summed E-state index contributed by atoms with van der Waals surface area (Å²) in [5.41, 5.74) is 14.3. The van der Waals surface area contributed by atoms with E-state index in [1.807, 2.05) is 24.3 Å². The predicted molar refractivity (Wildman–Crippen MR) is 229 cm³/mol. The molecular weight excluding hydrogens is 814 g/mol. The fourth-order valence-corrected chi connectivity index (χ4v) is 6.69. The number of hydrogen-bond acceptors (Lipinski definition) is 15. The van der Waals surface area contributed by atoms with Gasteiger partial charge in [-0.15, -0.1) is 11.8 Å². The number of carbonyl (C=O) groups excluding carboxylic acids is 2. The molecule has 1 aromatic heterocycles. The molecule has 0 spiro atoms. The lowest BCUT2D eigenvalue weighted by Crippen LogP contribution is -2.33. The molecule has 0 aliphatic carbocycles. The molecule has 3 aromatic rings. The summed E-state index contributed by atoms with van der Waals surface area (Å²) < 4.78 is 64.9. The Balaban J connectivity index is 0.964. The molecule has 18 heteroatoms. The van der Waals surface area contributed by atoms with E-state index in [4.69, 9.17) is 54.1 Å². The normalized spacial score (nSPS) is 12.5. The Hall–Kier alpha value is -3.95. The standard InChI is InChI=1S/C43H62FN5O11S/c1-33-37(43(51)49-11-14-60-38-5-2-34(30-36(38)32-49)35-3-7-40(46)48-31-35)4-6-39(42(33)44)61-29-10-47-41(50)8-12-52-15-17-54-19-21-56-23-25-58-27-28-59-26-24-57-22-20-55-18-16-53-13-9-45/h2-7,30-31H,8-29,32,45H2,1H3,(H2,46,48)(H,47,50). The summed E-state index contributed by atoms with van der Waals surface area (Å²) in [6.45, 7) is 10.8. The van der Waals surface area contributed by atoms with Crippen LogP contribution in [0.2, 0.25) is 0 Å². The monoisotopic (exact) mass is 875 g/mol. The Bertz CT molecular complexity index is 1710. The molecule has 0 bridgehead atoms. The van der Waals surface area contributed by atoms with Gasteiger partial charge < -0.3 is 64.3 Å². The van der Waals surface area contributed by atoms with Crippen molar-refractivity contribution >= 4 is 29.4 Å². The zero-order valence-electron chi connectivity index (χ0n) is 35.2. The highest BCUT2D eigenvalue weighted by atomic mass is 32.2. The van der Waals surface area contributed by atoms with Crippen LogP contribution in [0.4, 0.5) is 10.2 Å². The van der Waals surface area contributed by atoms with E-state index in [1.54, 1.807) is 36.2 Å². The quantitative estimate of drug-likeness (QED) is 0.0609. The Morgan fingerprint density at radius 1 is 0.770 bits per heavy atom. The van der Waals surface area contributed by atoms with Gasteiger partial charge in [-0.1, -0.05) is 6.07 Å². The fraction of sp³-hybridized carbons (Fsp3) is 0.558. The van der Waals surface area contributed by atoms with Crippen LogP contribution in [0.5, 0.6) is 5.75 Å². The zero-order valence-corrected chi connectivity index (χ0v) is 36.0. The molecule has 5 N–H and O–H groups in total. The van der Waals surface area contributed by atoms with E-state index in [0.717, 1.165) is 16.7 Å². The summed E-state index contributed by atoms with van der Waals surface area (Å²) in [5, 5.41) is 2.84. The number of fused-ring (bicyclic) bond motifs is 1. The molecule has 61 heavy (non-hydrogen) atoms. The molecular formula is C43H62FN5O11S. The molecule has 4 rings (SSSR count). The lowest BCUT2D eigenvalue weighted by atomic mass is 10.0. The van der Waals surface area contributed by atoms with Gasteiger partial charge >= 0.3 is 0 Å². The van der Waals surface area contributed by atoms with Crippen molar-refractivity contribution in [3.63, 3.8) is 0 Å². The van der Waals surface area contributed by atoms with Gasteiger partial charge in [0.15, 0.2) is 0 Å². The maximum atomic E-state index is 15.5. The Labute approximate surface area is 362 Å². The van der Waals surface area contributed by atoms with Crippen molar-refractivity contribution < 1.29 is 56.6 Å². The lowest BCUT2D eigenvalue weighted by molar-refractivity contribution is -0.122. The van der Waals surface area contributed by atoms with Gasteiger partial charge in [0.1, 0.15) is 24.0 Å². The number of thioether (sulfide) groups is 1. The van der Waals surface area contributed by atoms with Crippen molar-refractivity contribution in [3.8, 4) is 16.9 Å². The van der Waals surface area contributed by atoms with Crippen molar-refractivity contribution in [1.29, 1.82) is 0 Å². The number of rotatable bonds is 32. The van der Waals surface area contributed by atoms with Crippen LogP contribution < -0.4 is 21.5 Å². The summed E-state index contributed by atoms with van der Waals surface area (Å²) in [6.07, 6.45) is 1.90. The molecule has 2 heterocycles. The first kappa shape index (κ1) is 49.7. The molecule has 2 aromatic carbocycles. The molecule has 2 amide bonds. The number of carbonyl (C=O) groups is 2. The molecule has 0 saturated carbocycles. The number of ether oxygens (including phenoxy) is 9. The van der Waals surface area contributed by atoms with E-state index in [0.29, 0.717) is 160 Å². The maximum Gasteiger partial charge on any atom is 0.254 e. The van der Waals surface area contributed by atoms with E-state index >= 15 is 4.39 Å². The minimum Gasteiger partial charge on any atom is -0.491 e. The molecule has 0 atom stereocenters. The van der Waals surface area contributed by atoms with Crippen molar-refractivity contribution in [2.24, 2.45) is 5.73 Å². The van der Waals surface area contributed by atoms with Crippen molar-refractivity contribution in [3.05, 3.63) is 71.2 Å². The smallest absolute Gasteiger partial charge is 0.254 e. The highest BCUT2D eigenvalue weighted by Gasteiger charge is 2.24. The number of benzene rings is 2. The van der Waals surface area contributed by atoms with Gasteiger partial charge in [-0.05, 0) is 54.4 Å². The highest BCUT2D eigenvalue weighted by molar-refractivity contribution is 7.99. The number of aromatic nitrogens is 1. The molecule has 0 radical (unpaired) electrons. The minimum absolute atomic E-state index is 0.158. The predicted octanol–water partition coefficient (Wildman–Crippen LogP) is 3.50. The van der Waals surface area contributed by atoms with E-state index in [2.05, 4.69) is 10.3 Å². The van der Waals surface area contributed by atoms with E-state index in [9.17, 15) is 9.59 Å². The molecule has 0 saturated heterocycles. The lowest BCUT2D eigenvalue weighted by Gasteiger charge is -2.21. The average Bonchev–Trinajstić information content (AvgIpc) is 3.49. The van der Waals surface area contributed by atoms with Gasteiger partial charge in [0.05, 0.1) is 112 Å². The minimum atomic E-state index is -0.446. The zero-order chi connectivity index (χ0) is 43.3. The average molecular weight is 876 g/mol. The number of hydrogen-bond donors (Lipinski definition) is 3. The van der Waals surface area contributed by atoms with Crippen molar-refractivity contribution in [2.45, 2.75) is 24.8 Å². The van der Waals surface area contributed by atoms with Crippen LogP contribution in [0.3, 0.4) is 0 Å². The second kappa shape index (κ2) is 30.2. The third-order valence-corrected chi connectivity index (χ3v) is 10.1. The summed E-state index contributed by atoms with van der Waals surface area (Å²) in [5.74, 6) is 0.724. The first-order valence-electron chi connectivity index (χ1n) is 20.6. The fourth-order valence-electron chi connectivity index (χ4n) is 5.83. The van der Waals surface area contributed by atoms with Crippen LogP contribution in [0.25, 0.3) is 11.1 Å². The van der Waals surface area contributed by atoms with Gasteiger partial charge in [0, 0.05) is 59.6 Å². The topological polar surface area (TPSA) is 197 Å². The number of halogens is 1. The first-order chi connectivity index (χ1) is 29.9. The number of nitrogens with one attached hydrogen (secondary N) is 1. The molecule has 1 aliphatic rings. The summed E-state index contributed by atoms with van der Waals surface area (Å²) in [6, 6.07) is 12.7. The SMILES string of the molecule is Cc1c(C(=O)N2CCOc3ccc(-c4ccc(N)nc4)cc3C2)ccc(SCCNC(=O)CCOCCOCCOCCOCCOCCOCCOCCOCCN)c1F. The van der Waals surface area contributed by atoms with Gasteiger partial charge in [-0.2, -0.15) is 0 Å². The van der Waals surface area contributed by atoms with Crippen LogP contribution in [0.1, 0.15) is 27.9 Å². The molecule has 16 nitrogen and oxygen atoms in total. The van der Waals surface area contributed by atoms with Gasteiger partial charge in [0.2, 0.25) is 5.91 Å².